The van der Waals surface area contributed by atoms with E-state index in [-0.39, 0.29) is 30.5 Å². The second kappa shape index (κ2) is 5.48. The average Bonchev–Trinajstić information content (AvgIpc) is 3.27. The fourth-order valence-electron chi connectivity index (χ4n) is 2.60. The lowest BCUT2D eigenvalue weighted by molar-refractivity contribution is -0.162. The summed E-state index contributed by atoms with van der Waals surface area (Å²) in [6.45, 7) is 1.97. The van der Waals surface area contributed by atoms with E-state index >= 15 is 0 Å². The fraction of sp³-hybridized carbons (Fsp3) is 0.500. The number of ether oxygens (including phenoxy) is 1. The summed E-state index contributed by atoms with van der Waals surface area (Å²) >= 11 is 0. The summed E-state index contributed by atoms with van der Waals surface area (Å²) < 4.78 is 5.55. The summed E-state index contributed by atoms with van der Waals surface area (Å²) in [5.41, 5.74) is 2.07. The van der Waals surface area contributed by atoms with Gasteiger partial charge in [0.05, 0.1) is 6.04 Å². The highest BCUT2D eigenvalue weighted by Crippen LogP contribution is 2.30. The van der Waals surface area contributed by atoms with E-state index in [1.807, 2.05) is 31.2 Å². The van der Waals surface area contributed by atoms with Crippen molar-refractivity contribution >= 4 is 11.8 Å². The second-order valence-electron chi connectivity index (χ2n) is 5.87. The number of hydrogen-bond acceptors (Lipinski definition) is 3. The molecule has 1 aliphatic carbocycles. The van der Waals surface area contributed by atoms with Gasteiger partial charge < -0.3 is 15.0 Å². The minimum Gasteiger partial charge on any atom is -0.356 e. The van der Waals surface area contributed by atoms with Crippen LogP contribution in [0, 0.1) is 6.92 Å². The predicted octanol–water partition coefficient (Wildman–Crippen LogP) is 1.17. The van der Waals surface area contributed by atoms with Gasteiger partial charge in [-0.25, -0.2) is 0 Å². The summed E-state index contributed by atoms with van der Waals surface area (Å²) in [7, 11) is 1.73. The summed E-state index contributed by atoms with van der Waals surface area (Å²) in [6, 6.07) is 7.79. The van der Waals surface area contributed by atoms with E-state index in [1.165, 1.54) is 0 Å². The van der Waals surface area contributed by atoms with Crippen LogP contribution in [0.15, 0.2) is 24.3 Å². The Morgan fingerprint density at radius 1 is 1.29 bits per heavy atom. The van der Waals surface area contributed by atoms with E-state index in [4.69, 9.17) is 4.74 Å². The number of amides is 2. The molecule has 0 spiro atoms. The largest absolute Gasteiger partial charge is 0.356 e. The zero-order chi connectivity index (χ0) is 15.0. The van der Waals surface area contributed by atoms with Crippen molar-refractivity contribution in [3.63, 3.8) is 0 Å². The van der Waals surface area contributed by atoms with Crippen LogP contribution in [0.4, 0.5) is 0 Å². The average molecular weight is 288 g/mol. The van der Waals surface area contributed by atoms with Crippen LogP contribution in [-0.2, 0) is 14.3 Å². The highest BCUT2D eigenvalue weighted by molar-refractivity contribution is 5.86. The van der Waals surface area contributed by atoms with Crippen molar-refractivity contribution in [2.75, 3.05) is 13.7 Å². The number of morpholine rings is 1. The van der Waals surface area contributed by atoms with Gasteiger partial charge in [0.15, 0.2) is 6.10 Å². The molecule has 1 saturated heterocycles. The number of hydrogen-bond donors (Lipinski definition) is 1. The van der Waals surface area contributed by atoms with Crippen LogP contribution in [0.3, 0.4) is 0 Å². The fourth-order valence-corrected chi connectivity index (χ4v) is 2.60. The topological polar surface area (TPSA) is 58.6 Å². The molecule has 1 aromatic carbocycles. The Kier molecular flexibility index (Phi) is 3.68. The molecule has 3 rings (SSSR count). The molecule has 112 valence electrons. The number of benzene rings is 1. The van der Waals surface area contributed by atoms with Gasteiger partial charge in [-0.3, -0.25) is 9.59 Å². The molecule has 5 heteroatoms. The monoisotopic (exact) mass is 288 g/mol. The van der Waals surface area contributed by atoms with E-state index in [2.05, 4.69) is 5.32 Å². The van der Waals surface area contributed by atoms with Crippen molar-refractivity contribution in [1.29, 1.82) is 0 Å². The number of likely N-dealkylation sites (N-methyl/N-ethyl adjacent to an activating group) is 1. The van der Waals surface area contributed by atoms with Crippen LogP contribution < -0.4 is 5.32 Å². The molecule has 1 saturated carbocycles. The van der Waals surface area contributed by atoms with E-state index in [1.54, 1.807) is 11.9 Å². The molecule has 21 heavy (non-hydrogen) atoms. The normalized spacial score (nSPS) is 25.8. The smallest absolute Gasteiger partial charge is 0.251 e. The Hall–Kier alpha value is -1.88. The van der Waals surface area contributed by atoms with Gasteiger partial charge in [-0.05, 0) is 25.3 Å². The van der Waals surface area contributed by atoms with Gasteiger partial charge in [-0.15, -0.1) is 0 Å². The van der Waals surface area contributed by atoms with Crippen molar-refractivity contribution in [3.05, 3.63) is 35.4 Å². The van der Waals surface area contributed by atoms with Crippen molar-refractivity contribution < 1.29 is 14.3 Å². The molecule has 2 aliphatic rings. The van der Waals surface area contributed by atoms with E-state index in [0.29, 0.717) is 0 Å². The van der Waals surface area contributed by atoms with Crippen LogP contribution in [0.2, 0.25) is 0 Å². The van der Waals surface area contributed by atoms with Crippen molar-refractivity contribution in [3.8, 4) is 0 Å². The van der Waals surface area contributed by atoms with Gasteiger partial charge in [-0.2, -0.15) is 0 Å². The third-order valence-corrected chi connectivity index (χ3v) is 4.08. The summed E-state index contributed by atoms with van der Waals surface area (Å²) in [4.78, 5) is 25.9. The van der Waals surface area contributed by atoms with Gasteiger partial charge in [-0.1, -0.05) is 29.8 Å². The van der Waals surface area contributed by atoms with Crippen LogP contribution in [0.25, 0.3) is 0 Å². The maximum atomic E-state index is 12.4. The molecule has 1 heterocycles. The zero-order valence-electron chi connectivity index (χ0n) is 12.3. The molecular formula is C16H20N2O3. The number of carbonyl (C=O) groups excluding carboxylic acids is 2. The maximum absolute atomic E-state index is 12.4. The zero-order valence-corrected chi connectivity index (χ0v) is 12.3. The Labute approximate surface area is 124 Å². The lowest BCUT2D eigenvalue weighted by Crippen LogP contribution is -2.53. The lowest BCUT2D eigenvalue weighted by atomic mass is 9.96. The van der Waals surface area contributed by atoms with Crippen LogP contribution in [0.5, 0.6) is 0 Å². The maximum Gasteiger partial charge on any atom is 0.251 e. The highest BCUT2D eigenvalue weighted by atomic mass is 16.5. The number of aryl methyl sites for hydroxylation is 1. The standard InChI is InChI=1S/C16H20N2O3/c1-10-3-5-11(6-4-10)14-15(16(20)17-12-7-8-12)21-9-13(19)18(14)2/h3-6,12,14-15H,7-9H2,1-2H3,(H,17,20)/t14-,15+/m1/s1. The van der Waals surface area contributed by atoms with Crippen molar-refractivity contribution in [1.82, 2.24) is 10.2 Å². The summed E-state index contributed by atoms with van der Waals surface area (Å²) in [6.07, 6.45) is 1.42. The highest BCUT2D eigenvalue weighted by Gasteiger charge is 2.41. The number of rotatable bonds is 3. The first-order chi connectivity index (χ1) is 10.1. The molecule has 2 atom stereocenters. The lowest BCUT2D eigenvalue weighted by Gasteiger charge is -2.38. The molecular weight excluding hydrogens is 268 g/mol. The third kappa shape index (κ3) is 2.93. The SMILES string of the molecule is Cc1ccc([C@@H]2[C@@H](C(=O)NC3CC3)OCC(=O)N2C)cc1. The van der Waals surface area contributed by atoms with Gasteiger partial charge in [0, 0.05) is 13.1 Å². The molecule has 0 unspecified atom stereocenters. The molecule has 1 aliphatic heterocycles. The van der Waals surface area contributed by atoms with Gasteiger partial charge in [0.2, 0.25) is 5.91 Å². The van der Waals surface area contributed by atoms with Gasteiger partial charge in [0.25, 0.3) is 5.91 Å². The molecule has 1 N–H and O–H groups in total. The molecule has 2 amide bonds. The molecule has 0 bridgehead atoms. The summed E-state index contributed by atoms with van der Waals surface area (Å²) in [5.74, 6) is -0.224. The summed E-state index contributed by atoms with van der Waals surface area (Å²) in [5, 5.41) is 2.97. The first-order valence-electron chi connectivity index (χ1n) is 7.30. The molecule has 2 fully saturated rings. The first-order valence-corrected chi connectivity index (χ1v) is 7.30. The minimum absolute atomic E-state index is 0.0401. The molecule has 0 aromatic heterocycles. The third-order valence-electron chi connectivity index (χ3n) is 4.08. The van der Waals surface area contributed by atoms with Crippen LogP contribution in [0.1, 0.15) is 30.0 Å². The molecule has 5 nitrogen and oxygen atoms in total. The predicted molar refractivity (Wildman–Crippen MR) is 77.6 cm³/mol. The Bertz CT molecular complexity index is 551. The van der Waals surface area contributed by atoms with Gasteiger partial charge in [0.1, 0.15) is 6.61 Å². The number of nitrogens with one attached hydrogen (secondary N) is 1. The van der Waals surface area contributed by atoms with Crippen molar-refractivity contribution in [2.45, 2.75) is 38.0 Å². The number of nitrogens with zero attached hydrogens (tertiary/aromatic N) is 1. The molecule has 1 aromatic rings. The van der Waals surface area contributed by atoms with Crippen molar-refractivity contribution in [2.24, 2.45) is 0 Å². The quantitative estimate of drug-likeness (QED) is 0.908. The van der Waals surface area contributed by atoms with Gasteiger partial charge >= 0.3 is 0 Å². The minimum atomic E-state index is -0.643. The second-order valence-corrected chi connectivity index (χ2v) is 5.87. The molecule has 0 radical (unpaired) electrons. The van der Waals surface area contributed by atoms with E-state index < -0.39 is 6.10 Å². The van der Waals surface area contributed by atoms with E-state index in [9.17, 15) is 9.59 Å². The Morgan fingerprint density at radius 3 is 2.57 bits per heavy atom. The van der Waals surface area contributed by atoms with Crippen LogP contribution >= 0.6 is 0 Å². The van der Waals surface area contributed by atoms with Crippen LogP contribution in [-0.4, -0.2) is 42.5 Å². The number of carbonyl (C=O) groups is 2. The Balaban J connectivity index is 1.86. The van der Waals surface area contributed by atoms with E-state index in [0.717, 1.165) is 24.0 Å². The Morgan fingerprint density at radius 2 is 1.95 bits per heavy atom. The first kappa shape index (κ1) is 14.1.